The molecule has 0 saturated heterocycles. The zero-order chi connectivity index (χ0) is 15.8. The molecule has 0 saturated carbocycles. The predicted octanol–water partition coefficient (Wildman–Crippen LogP) is 2.60. The molecule has 1 aromatic heterocycles. The number of aromatic nitrogens is 3. The zero-order valence-electron chi connectivity index (χ0n) is 13.0. The Morgan fingerprint density at radius 1 is 1.27 bits per heavy atom. The van der Waals surface area contributed by atoms with Crippen LogP contribution in [0.15, 0.2) is 4.73 Å². The first-order chi connectivity index (χ1) is 10.0. The lowest BCUT2D eigenvalue weighted by atomic mass is 10.4. The number of hydrazine groups is 1. The Balaban J connectivity index is 0.00000441. The Bertz CT molecular complexity index is 425. The van der Waals surface area contributed by atoms with E-state index in [1.54, 1.807) is 0 Å². The zero-order valence-corrected chi connectivity index (χ0v) is 17.2. The van der Waals surface area contributed by atoms with Crippen LogP contribution in [0.5, 0.6) is 6.01 Å². The minimum Gasteiger partial charge on any atom is -0.370 e. The summed E-state index contributed by atoms with van der Waals surface area (Å²) in [6.45, 7) is 8.18. The molecule has 0 radical (unpaired) electrons. The lowest BCUT2D eigenvalue weighted by Gasteiger charge is -2.28. The highest BCUT2D eigenvalue weighted by atomic mass is 79.9. The van der Waals surface area contributed by atoms with Gasteiger partial charge in [0.1, 0.15) is 0 Å². The van der Waals surface area contributed by atoms with Crippen LogP contribution in [-0.4, -0.2) is 68.8 Å². The molecule has 7 nitrogen and oxygen atoms in total. The quantitative estimate of drug-likeness (QED) is 0.315. The Hall–Kier alpha value is 0.280. The standard InChI is InChI=1S/C10H20BrFN6OS2.H2S/c1-5-17(6-2)8-7-15(3)16(4)21-19-10-13-9(11)14-18(10)20-12;/h5-8H2,1-4H3;1H2. The Morgan fingerprint density at radius 3 is 2.45 bits per heavy atom. The van der Waals surface area contributed by atoms with E-state index in [1.807, 2.05) is 23.5 Å². The van der Waals surface area contributed by atoms with Gasteiger partial charge in [0.2, 0.25) is 4.73 Å². The summed E-state index contributed by atoms with van der Waals surface area (Å²) >= 11 is 4.07. The van der Waals surface area contributed by atoms with Crippen molar-refractivity contribution < 1.29 is 8.07 Å². The third-order valence-corrected chi connectivity index (χ3v) is 4.35. The minimum absolute atomic E-state index is 0. The van der Waals surface area contributed by atoms with E-state index in [2.05, 4.69) is 44.8 Å². The molecule has 0 aromatic carbocycles. The van der Waals surface area contributed by atoms with Crippen LogP contribution in [0, 0.1) is 0 Å². The molecule has 0 aliphatic carbocycles. The minimum atomic E-state index is -0.0676. The topological polar surface area (TPSA) is 49.7 Å². The summed E-state index contributed by atoms with van der Waals surface area (Å²) < 4.78 is 21.0. The van der Waals surface area contributed by atoms with E-state index in [1.165, 1.54) is 0 Å². The van der Waals surface area contributed by atoms with Gasteiger partial charge in [-0.3, -0.25) is 0 Å². The molecule has 1 aromatic rings. The van der Waals surface area contributed by atoms with Crippen molar-refractivity contribution in [1.82, 2.24) is 28.5 Å². The van der Waals surface area contributed by atoms with Gasteiger partial charge in [0.05, 0.1) is 0 Å². The first kappa shape index (κ1) is 22.3. The molecule has 0 atom stereocenters. The second-order valence-corrected chi connectivity index (χ2v) is 6.17. The van der Waals surface area contributed by atoms with Crippen molar-refractivity contribution in [1.29, 1.82) is 0 Å². The van der Waals surface area contributed by atoms with Crippen molar-refractivity contribution in [2.24, 2.45) is 0 Å². The Labute approximate surface area is 155 Å². The molecule has 12 heteroatoms. The third kappa shape index (κ3) is 7.23. The van der Waals surface area contributed by atoms with E-state index in [9.17, 15) is 3.89 Å². The van der Waals surface area contributed by atoms with E-state index >= 15 is 0 Å². The van der Waals surface area contributed by atoms with Gasteiger partial charge in [-0.2, -0.15) is 22.9 Å². The summed E-state index contributed by atoms with van der Waals surface area (Å²) in [6, 6.07) is 0.0865. The molecule has 0 bridgehead atoms. The molecule has 0 fully saturated rings. The molecule has 0 spiro atoms. The van der Waals surface area contributed by atoms with Crippen molar-refractivity contribution in [2.45, 2.75) is 13.8 Å². The van der Waals surface area contributed by atoms with Crippen molar-refractivity contribution >= 4 is 54.0 Å². The number of hydrogen-bond donors (Lipinski definition) is 0. The van der Waals surface area contributed by atoms with Crippen LogP contribution in [0.2, 0.25) is 0 Å². The van der Waals surface area contributed by atoms with Crippen LogP contribution in [0.3, 0.4) is 0 Å². The molecule has 22 heavy (non-hydrogen) atoms. The van der Waals surface area contributed by atoms with Crippen LogP contribution in [-0.2, 0) is 0 Å². The number of rotatable bonds is 10. The molecule has 0 aliphatic heterocycles. The largest absolute Gasteiger partial charge is 0.370 e. The van der Waals surface area contributed by atoms with Crippen molar-refractivity contribution in [2.75, 3.05) is 40.3 Å². The van der Waals surface area contributed by atoms with Crippen molar-refractivity contribution in [3.8, 4) is 6.01 Å². The molecular weight excluding hydrogens is 415 g/mol. The monoisotopic (exact) mass is 436 g/mol. The summed E-state index contributed by atoms with van der Waals surface area (Å²) in [5.41, 5.74) is 0. The summed E-state index contributed by atoms with van der Waals surface area (Å²) in [5, 5.41) is 5.78. The maximum absolute atomic E-state index is 12.6. The van der Waals surface area contributed by atoms with Gasteiger partial charge in [-0.05, 0) is 29.0 Å². The van der Waals surface area contributed by atoms with E-state index < -0.39 is 0 Å². The molecule has 0 N–H and O–H groups in total. The maximum atomic E-state index is 12.6. The molecule has 1 rings (SSSR count). The van der Waals surface area contributed by atoms with Gasteiger partial charge in [-0.15, -0.1) is 13.1 Å². The van der Waals surface area contributed by atoms with Gasteiger partial charge in [0.15, 0.2) is 24.6 Å². The van der Waals surface area contributed by atoms with Gasteiger partial charge in [-0.25, -0.2) is 5.01 Å². The highest BCUT2D eigenvalue weighted by molar-refractivity contribution is 9.10. The lowest BCUT2D eigenvalue weighted by molar-refractivity contribution is 0.109. The molecular formula is C10H22BrFN6OS3. The first-order valence-corrected chi connectivity index (χ1v) is 8.61. The summed E-state index contributed by atoms with van der Waals surface area (Å²) in [5.74, 6) is 0. The normalized spacial score (nSPS) is 11.3. The number of likely N-dealkylation sites (N-methyl/N-ethyl adjacent to an activating group) is 2. The smallest absolute Gasteiger partial charge is 0.342 e. The van der Waals surface area contributed by atoms with Crippen LogP contribution in [0.25, 0.3) is 0 Å². The van der Waals surface area contributed by atoms with Crippen molar-refractivity contribution in [3.05, 3.63) is 4.73 Å². The average Bonchev–Trinajstić information content (AvgIpc) is 2.85. The average molecular weight is 437 g/mol. The van der Waals surface area contributed by atoms with Gasteiger partial charge in [-0.1, -0.05) is 13.8 Å². The van der Waals surface area contributed by atoms with Crippen molar-refractivity contribution in [3.63, 3.8) is 0 Å². The number of hydrogen-bond acceptors (Lipinski definition) is 8. The molecule has 0 amide bonds. The fourth-order valence-electron chi connectivity index (χ4n) is 1.47. The molecule has 0 aliphatic rings. The second kappa shape index (κ2) is 11.8. The summed E-state index contributed by atoms with van der Waals surface area (Å²) in [4.78, 5) is 6.26. The van der Waals surface area contributed by atoms with Gasteiger partial charge in [0, 0.05) is 27.2 Å². The summed E-state index contributed by atoms with van der Waals surface area (Å²) in [7, 11) is 3.83. The first-order valence-electron chi connectivity index (χ1n) is 6.45. The lowest BCUT2D eigenvalue weighted by Crippen LogP contribution is -2.39. The highest BCUT2D eigenvalue weighted by Gasteiger charge is 2.15. The summed E-state index contributed by atoms with van der Waals surface area (Å²) in [6.07, 6.45) is 0. The second-order valence-electron chi connectivity index (χ2n) is 4.14. The Morgan fingerprint density at radius 2 is 1.91 bits per heavy atom. The molecule has 1 heterocycles. The van der Waals surface area contributed by atoms with Crippen LogP contribution in [0.1, 0.15) is 13.8 Å². The number of halogens is 2. The van der Waals surface area contributed by atoms with Gasteiger partial charge >= 0.3 is 6.01 Å². The van der Waals surface area contributed by atoms with E-state index in [-0.39, 0.29) is 36.6 Å². The molecule has 0 unspecified atom stereocenters. The fourth-order valence-corrected chi connectivity index (χ4v) is 2.65. The van der Waals surface area contributed by atoms with Crippen LogP contribution >= 0.6 is 54.0 Å². The van der Waals surface area contributed by atoms with Crippen LogP contribution < -0.4 is 4.18 Å². The SMILES string of the molecule is CCN(CC)CCN(C)N(C)SOc1nc(Br)nn1SF.S. The van der Waals surface area contributed by atoms with E-state index in [0.717, 1.165) is 42.5 Å². The fraction of sp³-hybridized carbons (Fsp3) is 0.800. The van der Waals surface area contributed by atoms with E-state index in [0.29, 0.717) is 0 Å². The molecule has 130 valence electrons. The number of nitrogens with zero attached hydrogens (tertiary/aromatic N) is 6. The van der Waals surface area contributed by atoms with Gasteiger partial charge in [0.25, 0.3) is 0 Å². The highest BCUT2D eigenvalue weighted by Crippen LogP contribution is 2.23. The van der Waals surface area contributed by atoms with Crippen LogP contribution in [0.4, 0.5) is 3.89 Å². The third-order valence-electron chi connectivity index (χ3n) is 2.92. The van der Waals surface area contributed by atoms with E-state index in [4.69, 9.17) is 4.18 Å². The maximum Gasteiger partial charge on any atom is 0.342 e. The predicted molar refractivity (Wildman–Crippen MR) is 98.6 cm³/mol. The van der Waals surface area contributed by atoms with Gasteiger partial charge < -0.3 is 9.08 Å². The Kier molecular flexibility index (Phi) is 11.9.